The van der Waals surface area contributed by atoms with Gasteiger partial charge in [0.15, 0.2) is 5.82 Å². The molecule has 0 spiro atoms. The third-order valence-electron chi connectivity index (χ3n) is 5.05. The van der Waals surface area contributed by atoms with Crippen molar-refractivity contribution in [2.24, 2.45) is 0 Å². The SMILES string of the molecule is COCc1nc(OC)c2c(C)c(C(=O)Nc3ccc(F)c(NC(=O)c4ccoc4C)c3)sc2n1. The molecule has 176 valence electrons. The molecule has 3 heterocycles. The molecule has 34 heavy (non-hydrogen) atoms. The summed E-state index contributed by atoms with van der Waals surface area (Å²) in [5.74, 6) is -0.374. The van der Waals surface area contributed by atoms with E-state index in [-0.39, 0.29) is 17.9 Å². The van der Waals surface area contributed by atoms with Crippen LogP contribution in [0.3, 0.4) is 0 Å². The first kappa shape index (κ1) is 23.3. The number of aromatic nitrogens is 2. The molecule has 0 radical (unpaired) electrons. The van der Waals surface area contributed by atoms with Gasteiger partial charge in [-0.3, -0.25) is 9.59 Å². The minimum Gasteiger partial charge on any atom is -0.480 e. The van der Waals surface area contributed by atoms with Crippen molar-refractivity contribution >= 4 is 44.7 Å². The number of furan rings is 1. The number of thiophene rings is 1. The van der Waals surface area contributed by atoms with Crippen LogP contribution < -0.4 is 15.4 Å². The Kier molecular flexibility index (Phi) is 6.57. The summed E-state index contributed by atoms with van der Waals surface area (Å²) in [6.07, 6.45) is 1.38. The van der Waals surface area contributed by atoms with E-state index in [1.807, 2.05) is 0 Å². The lowest BCUT2D eigenvalue weighted by Crippen LogP contribution is -2.15. The van der Waals surface area contributed by atoms with Crippen LogP contribution >= 0.6 is 11.3 Å². The third-order valence-corrected chi connectivity index (χ3v) is 6.24. The Hall–Kier alpha value is -3.83. The minimum absolute atomic E-state index is 0.0757. The van der Waals surface area contributed by atoms with Crippen molar-refractivity contribution in [1.29, 1.82) is 0 Å². The highest BCUT2D eigenvalue weighted by Gasteiger charge is 2.22. The van der Waals surface area contributed by atoms with Crippen molar-refractivity contribution in [3.8, 4) is 5.88 Å². The highest BCUT2D eigenvalue weighted by Crippen LogP contribution is 2.35. The zero-order chi connectivity index (χ0) is 24.4. The lowest BCUT2D eigenvalue weighted by molar-refractivity contribution is 0.101. The van der Waals surface area contributed by atoms with Gasteiger partial charge >= 0.3 is 0 Å². The van der Waals surface area contributed by atoms with Gasteiger partial charge in [0.1, 0.15) is 23.0 Å². The Morgan fingerprint density at radius 2 is 1.91 bits per heavy atom. The van der Waals surface area contributed by atoms with Crippen LogP contribution in [0.1, 0.15) is 37.2 Å². The van der Waals surface area contributed by atoms with E-state index in [0.717, 1.165) is 6.07 Å². The van der Waals surface area contributed by atoms with E-state index in [9.17, 15) is 14.0 Å². The molecule has 0 aliphatic rings. The van der Waals surface area contributed by atoms with Crippen molar-refractivity contribution in [1.82, 2.24) is 9.97 Å². The second-order valence-electron chi connectivity index (χ2n) is 7.31. The summed E-state index contributed by atoms with van der Waals surface area (Å²) < 4.78 is 29.9. The molecule has 0 saturated heterocycles. The zero-order valence-corrected chi connectivity index (χ0v) is 19.6. The normalized spacial score (nSPS) is 11.0. The van der Waals surface area contributed by atoms with Gasteiger partial charge < -0.3 is 24.5 Å². The lowest BCUT2D eigenvalue weighted by Gasteiger charge is -2.10. The molecule has 0 fully saturated rings. The van der Waals surface area contributed by atoms with Crippen molar-refractivity contribution in [2.75, 3.05) is 24.9 Å². The summed E-state index contributed by atoms with van der Waals surface area (Å²) in [5, 5.41) is 5.89. The molecule has 0 bridgehead atoms. The molecule has 4 aromatic rings. The monoisotopic (exact) mass is 484 g/mol. The summed E-state index contributed by atoms with van der Waals surface area (Å²) in [7, 11) is 3.03. The number of ether oxygens (including phenoxy) is 2. The van der Waals surface area contributed by atoms with E-state index < -0.39 is 17.6 Å². The molecule has 2 amide bonds. The summed E-state index contributed by atoms with van der Waals surface area (Å²) in [6.45, 7) is 3.61. The molecule has 3 aromatic heterocycles. The molecule has 9 nitrogen and oxygen atoms in total. The largest absolute Gasteiger partial charge is 0.480 e. The smallest absolute Gasteiger partial charge is 0.266 e. The van der Waals surface area contributed by atoms with Gasteiger partial charge in [0.2, 0.25) is 5.88 Å². The number of hydrogen-bond acceptors (Lipinski definition) is 8. The maximum Gasteiger partial charge on any atom is 0.266 e. The average molecular weight is 485 g/mol. The number of methoxy groups -OCH3 is 2. The Bertz CT molecular complexity index is 1400. The summed E-state index contributed by atoms with van der Waals surface area (Å²) in [4.78, 5) is 35.3. The molecule has 0 unspecified atom stereocenters. The van der Waals surface area contributed by atoms with E-state index in [1.165, 1.54) is 50.0 Å². The van der Waals surface area contributed by atoms with Gasteiger partial charge in [0, 0.05) is 12.8 Å². The summed E-state index contributed by atoms with van der Waals surface area (Å²) >= 11 is 1.19. The van der Waals surface area contributed by atoms with E-state index in [1.54, 1.807) is 13.8 Å². The Morgan fingerprint density at radius 1 is 1.12 bits per heavy atom. The Balaban J connectivity index is 1.60. The maximum absolute atomic E-state index is 14.3. The zero-order valence-electron chi connectivity index (χ0n) is 18.8. The van der Waals surface area contributed by atoms with Crippen LogP contribution in [0, 0.1) is 19.7 Å². The number of amides is 2. The van der Waals surface area contributed by atoms with Crippen LogP contribution in [0.2, 0.25) is 0 Å². The minimum atomic E-state index is -0.642. The molecule has 2 N–H and O–H groups in total. The van der Waals surface area contributed by atoms with E-state index in [0.29, 0.717) is 43.8 Å². The molecule has 0 saturated carbocycles. The summed E-state index contributed by atoms with van der Waals surface area (Å²) in [6, 6.07) is 5.41. The second-order valence-corrected chi connectivity index (χ2v) is 8.31. The maximum atomic E-state index is 14.3. The molecule has 0 atom stereocenters. The van der Waals surface area contributed by atoms with Crippen LogP contribution in [-0.4, -0.2) is 36.0 Å². The number of nitrogens with one attached hydrogen (secondary N) is 2. The predicted molar refractivity (Wildman–Crippen MR) is 125 cm³/mol. The number of carbonyl (C=O) groups excluding carboxylic acids is 2. The standard InChI is InChI=1S/C23H21FN4O5S/c1-11-18-22(32-4)27-17(10-31-3)28-23(18)34-19(11)21(30)25-13-5-6-15(24)16(9-13)26-20(29)14-7-8-33-12(14)2/h5-9H,10H2,1-4H3,(H,25,30)(H,26,29). The van der Waals surface area contributed by atoms with Crippen LogP contribution in [0.5, 0.6) is 5.88 Å². The van der Waals surface area contributed by atoms with Gasteiger partial charge in [0.25, 0.3) is 11.8 Å². The number of benzene rings is 1. The summed E-state index contributed by atoms with van der Waals surface area (Å²) in [5.41, 5.74) is 1.18. The fourth-order valence-electron chi connectivity index (χ4n) is 3.40. The van der Waals surface area contributed by atoms with Crippen LogP contribution in [0.4, 0.5) is 15.8 Å². The first-order valence-electron chi connectivity index (χ1n) is 10.1. The van der Waals surface area contributed by atoms with Gasteiger partial charge in [-0.05, 0) is 43.7 Å². The molecule has 11 heteroatoms. The van der Waals surface area contributed by atoms with Crippen LogP contribution in [-0.2, 0) is 11.3 Å². The second kappa shape index (κ2) is 9.57. The molecule has 1 aromatic carbocycles. The number of anilines is 2. The van der Waals surface area contributed by atoms with Gasteiger partial charge in [-0.15, -0.1) is 11.3 Å². The fraction of sp³-hybridized carbons (Fsp3) is 0.217. The molecule has 0 aliphatic carbocycles. The number of rotatable bonds is 7. The van der Waals surface area contributed by atoms with Crippen molar-refractivity contribution in [3.05, 3.63) is 63.9 Å². The molecular formula is C23H21FN4O5S. The molecule has 0 aliphatic heterocycles. The number of aryl methyl sites for hydroxylation is 2. The average Bonchev–Trinajstić information content (AvgIpc) is 3.39. The van der Waals surface area contributed by atoms with E-state index >= 15 is 0 Å². The van der Waals surface area contributed by atoms with Gasteiger partial charge in [0.05, 0.1) is 34.9 Å². The van der Waals surface area contributed by atoms with Crippen LogP contribution in [0.15, 0.2) is 34.9 Å². The van der Waals surface area contributed by atoms with Gasteiger partial charge in [-0.2, -0.15) is 4.98 Å². The highest BCUT2D eigenvalue weighted by molar-refractivity contribution is 7.20. The topological polar surface area (TPSA) is 116 Å². The van der Waals surface area contributed by atoms with Crippen molar-refractivity contribution < 1.29 is 27.9 Å². The number of fused-ring (bicyclic) bond motifs is 1. The van der Waals surface area contributed by atoms with E-state index in [2.05, 4.69) is 20.6 Å². The number of nitrogens with zero attached hydrogens (tertiary/aromatic N) is 2. The lowest BCUT2D eigenvalue weighted by atomic mass is 10.2. The number of halogens is 1. The van der Waals surface area contributed by atoms with Crippen LogP contribution in [0.25, 0.3) is 10.2 Å². The first-order valence-corrected chi connectivity index (χ1v) is 10.9. The third kappa shape index (κ3) is 4.47. The Morgan fingerprint density at radius 3 is 2.59 bits per heavy atom. The van der Waals surface area contributed by atoms with Gasteiger partial charge in [-0.1, -0.05) is 0 Å². The van der Waals surface area contributed by atoms with E-state index in [4.69, 9.17) is 13.9 Å². The predicted octanol–water partition coefficient (Wildman–Crippen LogP) is 4.70. The van der Waals surface area contributed by atoms with Gasteiger partial charge in [-0.25, -0.2) is 9.37 Å². The number of carbonyl (C=O) groups is 2. The fourth-order valence-corrected chi connectivity index (χ4v) is 4.48. The van der Waals surface area contributed by atoms with Crippen molar-refractivity contribution in [3.63, 3.8) is 0 Å². The first-order chi connectivity index (χ1) is 16.3. The highest BCUT2D eigenvalue weighted by atomic mass is 32.1. The number of hydrogen-bond donors (Lipinski definition) is 2. The Labute approximate surface area is 197 Å². The quantitative estimate of drug-likeness (QED) is 0.391. The molecule has 4 rings (SSSR count). The molecular weight excluding hydrogens is 463 g/mol. The van der Waals surface area contributed by atoms with Crippen molar-refractivity contribution in [2.45, 2.75) is 20.5 Å².